The van der Waals surface area contributed by atoms with Gasteiger partial charge in [-0.15, -0.1) is 0 Å². The number of fused-ring (bicyclic) bond motifs is 3. The van der Waals surface area contributed by atoms with Crippen LogP contribution >= 0.6 is 0 Å². The molecule has 4 nitrogen and oxygen atoms in total. The number of hydrogen-bond donors (Lipinski definition) is 1. The van der Waals surface area contributed by atoms with Gasteiger partial charge >= 0.3 is 0 Å². The zero-order valence-electron chi connectivity index (χ0n) is 8.21. The summed E-state index contributed by atoms with van der Waals surface area (Å²) in [5.74, 6) is -0.774. The maximum Gasteiger partial charge on any atom is 0.286 e. The first kappa shape index (κ1) is 9.40. The number of nitrogens with two attached hydrogens (primary N) is 1. The molecule has 0 saturated carbocycles. The van der Waals surface area contributed by atoms with E-state index in [1.54, 1.807) is 0 Å². The standard InChI is InChI=1S/C9H17NO3/c1-7(3-10)9-11-4-8(2,5-12-9)6-13-9/h7H,3-6,10H2,1-2H3. The molecule has 1 atom stereocenters. The van der Waals surface area contributed by atoms with Crippen molar-refractivity contribution in [2.24, 2.45) is 17.1 Å². The maximum atomic E-state index is 5.60. The van der Waals surface area contributed by atoms with E-state index in [4.69, 9.17) is 19.9 Å². The Morgan fingerprint density at radius 3 is 2.08 bits per heavy atom. The second-order valence-corrected chi connectivity index (χ2v) is 4.42. The average molecular weight is 187 g/mol. The molecule has 0 radical (unpaired) electrons. The predicted molar refractivity (Wildman–Crippen MR) is 46.9 cm³/mol. The highest BCUT2D eigenvalue weighted by atomic mass is 16.9. The van der Waals surface area contributed by atoms with Gasteiger partial charge in [-0.3, -0.25) is 0 Å². The largest absolute Gasteiger partial charge is 0.330 e. The van der Waals surface area contributed by atoms with Crippen LogP contribution in [0.2, 0.25) is 0 Å². The molecule has 4 heteroatoms. The van der Waals surface area contributed by atoms with Gasteiger partial charge in [0, 0.05) is 12.0 Å². The molecule has 0 aromatic heterocycles. The summed E-state index contributed by atoms with van der Waals surface area (Å²) in [7, 11) is 0. The van der Waals surface area contributed by atoms with E-state index in [0.717, 1.165) is 0 Å². The molecule has 2 bridgehead atoms. The van der Waals surface area contributed by atoms with E-state index in [1.165, 1.54) is 0 Å². The third-order valence-electron chi connectivity index (χ3n) is 2.82. The fourth-order valence-electron chi connectivity index (χ4n) is 1.65. The SMILES string of the molecule is CC(CN)C12OCC(C)(CO1)CO2. The molecule has 0 aromatic carbocycles. The lowest BCUT2D eigenvalue weighted by Crippen LogP contribution is -2.62. The monoisotopic (exact) mass is 187 g/mol. The van der Waals surface area contributed by atoms with E-state index in [1.807, 2.05) is 6.92 Å². The van der Waals surface area contributed by atoms with Crippen molar-refractivity contribution in [1.82, 2.24) is 0 Å². The summed E-state index contributed by atoms with van der Waals surface area (Å²) in [6.45, 7) is 6.71. The Labute approximate surface area is 78.3 Å². The first-order valence-corrected chi connectivity index (χ1v) is 4.72. The first-order chi connectivity index (χ1) is 6.10. The second-order valence-electron chi connectivity index (χ2n) is 4.42. The van der Waals surface area contributed by atoms with Gasteiger partial charge in [-0.1, -0.05) is 13.8 Å². The Hall–Kier alpha value is -0.160. The molecule has 0 amide bonds. The molecule has 1 unspecified atom stereocenters. The number of hydrogen-bond acceptors (Lipinski definition) is 4. The van der Waals surface area contributed by atoms with Crippen molar-refractivity contribution in [1.29, 1.82) is 0 Å². The average Bonchev–Trinajstić information content (AvgIpc) is 2.18. The zero-order valence-corrected chi connectivity index (χ0v) is 8.21. The summed E-state index contributed by atoms with van der Waals surface area (Å²) >= 11 is 0. The molecule has 3 aliphatic rings. The van der Waals surface area contributed by atoms with Crippen LogP contribution in [0.15, 0.2) is 0 Å². The van der Waals surface area contributed by atoms with E-state index in [0.29, 0.717) is 26.4 Å². The van der Waals surface area contributed by atoms with Crippen molar-refractivity contribution in [3.05, 3.63) is 0 Å². The molecule has 0 spiro atoms. The summed E-state index contributed by atoms with van der Waals surface area (Å²) in [4.78, 5) is 0. The maximum absolute atomic E-state index is 5.60. The molecule has 0 aliphatic carbocycles. The Bertz CT molecular complexity index is 183. The Morgan fingerprint density at radius 2 is 1.69 bits per heavy atom. The molecule has 3 aliphatic heterocycles. The fourth-order valence-corrected chi connectivity index (χ4v) is 1.65. The molecule has 0 aromatic rings. The molecule has 3 heterocycles. The van der Waals surface area contributed by atoms with Crippen molar-refractivity contribution >= 4 is 0 Å². The summed E-state index contributed by atoms with van der Waals surface area (Å²) in [6.07, 6.45) is 0. The van der Waals surface area contributed by atoms with Gasteiger partial charge in [0.25, 0.3) is 5.97 Å². The highest BCUT2D eigenvalue weighted by molar-refractivity contribution is 4.86. The van der Waals surface area contributed by atoms with E-state index < -0.39 is 5.97 Å². The van der Waals surface area contributed by atoms with Crippen molar-refractivity contribution in [3.63, 3.8) is 0 Å². The van der Waals surface area contributed by atoms with Gasteiger partial charge < -0.3 is 19.9 Å². The second kappa shape index (κ2) is 2.92. The van der Waals surface area contributed by atoms with E-state index in [9.17, 15) is 0 Å². The minimum Gasteiger partial charge on any atom is -0.330 e. The van der Waals surface area contributed by atoms with Crippen molar-refractivity contribution in [3.8, 4) is 0 Å². The van der Waals surface area contributed by atoms with Crippen LogP contribution in [-0.4, -0.2) is 32.3 Å². The highest BCUT2D eigenvalue weighted by Gasteiger charge is 2.52. The molecule has 3 saturated heterocycles. The minimum absolute atomic E-state index is 0.0378. The molecule has 3 fully saturated rings. The molecule has 13 heavy (non-hydrogen) atoms. The van der Waals surface area contributed by atoms with Crippen LogP contribution in [-0.2, 0) is 14.2 Å². The molecular formula is C9H17NO3. The van der Waals surface area contributed by atoms with Crippen molar-refractivity contribution < 1.29 is 14.2 Å². The lowest BCUT2D eigenvalue weighted by Gasteiger charge is -2.52. The van der Waals surface area contributed by atoms with E-state index >= 15 is 0 Å². The number of rotatable bonds is 2. The number of ether oxygens (including phenoxy) is 3. The Balaban J connectivity index is 2.11. The van der Waals surface area contributed by atoms with Crippen LogP contribution in [0.25, 0.3) is 0 Å². The normalized spacial score (nSPS) is 46.4. The van der Waals surface area contributed by atoms with Gasteiger partial charge in [0.2, 0.25) is 0 Å². The van der Waals surface area contributed by atoms with Gasteiger partial charge in [-0.25, -0.2) is 0 Å². The van der Waals surface area contributed by atoms with Gasteiger partial charge in [-0.2, -0.15) is 0 Å². The van der Waals surface area contributed by atoms with Gasteiger partial charge in [0.15, 0.2) is 0 Å². The van der Waals surface area contributed by atoms with Gasteiger partial charge in [0.05, 0.1) is 25.7 Å². The van der Waals surface area contributed by atoms with Crippen LogP contribution in [0.1, 0.15) is 13.8 Å². The fraction of sp³-hybridized carbons (Fsp3) is 1.00. The molecule has 3 rings (SSSR count). The third kappa shape index (κ3) is 1.38. The summed E-state index contributed by atoms with van der Waals surface area (Å²) in [6, 6.07) is 0. The summed E-state index contributed by atoms with van der Waals surface area (Å²) in [5.41, 5.74) is 5.61. The Morgan fingerprint density at radius 1 is 1.23 bits per heavy atom. The third-order valence-corrected chi connectivity index (χ3v) is 2.82. The van der Waals surface area contributed by atoms with E-state index in [-0.39, 0.29) is 11.3 Å². The van der Waals surface area contributed by atoms with E-state index in [2.05, 4.69) is 6.92 Å². The molecule has 2 N–H and O–H groups in total. The lowest BCUT2D eigenvalue weighted by molar-refractivity contribution is -0.481. The summed E-state index contributed by atoms with van der Waals surface area (Å²) < 4.78 is 16.8. The van der Waals surface area contributed by atoms with Crippen molar-refractivity contribution in [2.75, 3.05) is 26.4 Å². The van der Waals surface area contributed by atoms with Crippen LogP contribution in [0.3, 0.4) is 0 Å². The minimum atomic E-state index is -0.855. The zero-order chi connectivity index (χ0) is 9.53. The molecule has 76 valence electrons. The van der Waals surface area contributed by atoms with Gasteiger partial charge in [0.1, 0.15) is 0 Å². The van der Waals surface area contributed by atoms with Crippen molar-refractivity contribution in [2.45, 2.75) is 19.8 Å². The Kier molecular flexibility index (Phi) is 2.11. The van der Waals surface area contributed by atoms with Crippen LogP contribution in [0.5, 0.6) is 0 Å². The lowest BCUT2D eigenvalue weighted by atomic mass is 9.90. The van der Waals surface area contributed by atoms with Gasteiger partial charge in [-0.05, 0) is 0 Å². The summed E-state index contributed by atoms with van der Waals surface area (Å²) in [5, 5.41) is 0. The van der Waals surface area contributed by atoms with Crippen LogP contribution in [0.4, 0.5) is 0 Å². The first-order valence-electron chi connectivity index (χ1n) is 4.72. The predicted octanol–water partition coefficient (Wildman–Crippen LogP) is 0.318. The van der Waals surface area contributed by atoms with Crippen LogP contribution < -0.4 is 5.73 Å². The smallest absolute Gasteiger partial charge is 0.286 e. The molecular weight excluding hydrogens is 170 g/mol. The highest BCUT2D eigenvalue weighted by Crippen LogP contribution is 2.41. The van der Waals surface area contributed by atoms with Crippen LogP contribution in [0, 0.1) is 11.3 Å². The topological polar surface area (TPSA) is 53.7 Å². The quantitative estimate of drug-likeness (QED) is 0.676.